The minimum Gasteiger partial charge on any atom is -0.336 e. The molecule has 0 fully saturated rings. The van der Waals surface area contributed by atoms with Crippen molar-refractivity contribution >= 4 is 11.0 Å². The topological polar surface area (TPSA) is 47.7 Å². The van der Waals surface area contributed by atoms with Crippen molar-refractivity contribution in [3.05, 3.63) is 48.1 Å². The van der Waals surface area contributed by atoms with Crippen LogP contribution in [0.2, 0.25) is 0 Å². The first kappa shape index (κ1) is 14.7. The highest BCUT2D eigenvalue weighted by Crippen LogP contribution is 2.20. The van der Waals surface area contributed by atoms with E-state index in [9.17, 15) is 4.39 Å². The molecule has 2 heterocycles. The SMILES string of the molecule is CCn1c(CNC(C)c2cncn2C)nc2c(F)cccc21. The van der Waals surface area contributed by atoms with Crippen molar-refractivity contribution in [2.75, 3.05) is 0 Å². The number of aromatic nitrogens is 4. The van der Waals surface area contributed by atoms with E-state index in [0.29, 0.717) is 12.1 Å². The van der Waals surface area contributed by atoms with Crippen molar-refractivity contribution in [3.63, 3.8) is 0 Å². The lowest BCUT2D eigenvalue weighted by atomic mass is 10.2. The molecule has 0 bridgehead atoms. The van der Waals surface area contributed by atoms with Crippen LogP contribution in [-0.2, 0) is 20.1 Å². The van der Waals surface area contributed by atoms with Crippen LogP contribution in [0.4, 0.5) is 4.39 Å². The molecule has 0 radical (unpaired) electrons. The van der Waals surface area contributed by atoms with E-state index >= 15 is 0 Å². The molecule has 1 N–H and O–H groups in total. The monoisotopic (exact) mass is 301 g/mol. The number of fused-ring (bicyclic) bond motifs is 1. The molecule has 3 aromatic rings. The van der Waals surface area contributed by atoms with Crippen LogP contribution in [0.3, 0.4) is 0 Å². The normalized spacial score (nSPS) is 12.9. The number of nitrogens with zero attached hydrogens (tertiary/aromatic N) is 4. The molecular formula is C16H20FN5. The number of hydrogen-bond acceptors (Lipinski definition) is 3. The van der Waals surface area contributed by atoms with Gasteiger partial charge in [-0.3, -0.25) is 0 Å². The number of hydrogen-bond donors (Lipinski definition) is 1. The molecule has 0 aliphatic heterocycles. The first-order chi connectivity index (χ1) is 10.6. The van der Waals surface area contributed by atoms with Crippen LogP contribution in [-0.4, -0.2) is 19.1 Å². The maximum Gasteiger partial charge on any atom is 0.151 e. The molecule has 6 heteroatoms. The first-order valence-corrected chi connectivity index (χ1v) is 7.45. The van der Waals surface area contributed by atoms with E-state index in [-0.39, 0.29) is 11.9 Å². The number of aryl methyl sites for hydroxylation is 2. The molecule has 0 saturated carbocycles. The largest absolute Gasteiger partial charge is 0.336 e. The minimum absolute atomic E-state index is 0.141. The van der Waals surface area contributed by atoms with Crippen molar-refractivity contribution in [1.82, 2.24) is 24.4 Å². The summed E-state index contributed by atoms with van der Waals surface area (Å²) in [5, 5.41) is 3.43. The number of imidazole rings is 2. The van der Waals surface area contributed by atoms with Gasteiger partial charge >= 0.3 is 0 Å². The van der Waals surface area contributed by atoms with Gasteiger partial charge in [0, 0.05) is 25.8 Å². The zero-order valence-corrected chi connectivity index (χ0v) is 13.0. The molecule has 1 atom stereocenters. The minimum atomic E-state index is -0.273. The lowest BCUT2D eigenvalue weighted by molar-refractivity contribution is 0.520. The fraction of sp³-hybridized carbons (Fsp3) is 0.375. The predicted molar refractivity (Wildman–Crippen MR) is 83.8 cm³/mol. The molecule has 0 aliphatic carbocycles. The van der Waals surface area contributed by atoms with Gasteiger partial charge in [-0.15, -0.1) is 0 Å². The zero-order valence-electron chi connectivity index (χ0n) is 13.0. The van der Waals surface area contributed by atoms with Gasteiger partial charge in [0.1, 0.15) is 11.3 Å². The van der Waals surface area contributed by atoms with Gasteiger partial charge in [0.2, 0.25) is 0 Å². The van der Waals surface area contributed by atoms with E-state index in [1.807, 2.05) is 35.4 Å². The van der Waals surface area contributed by atoms with Gasteiger partial charge < -0.3 is 14.5 Å². The highest BCUT2D eigenvalue weighted by molar-refractivity contribution is 5.76. The second-order valence-electron chi connectivity index (χ2n) is 5.41. The zero-order chi connectivity index (χ0) is 15.7. The predicted octanol–water partition coefficient (Wildman–Crippen LogP) is 2.78. The molecule has 5 nitrogen and oxygen atoms in total. The summed E-state index contributed by atoms with van der Waals surface area (Å²) in [7, 11) is 1.97. The molecule has 1 aromatic carbocycles. The van der Waals surface area contributed by atoms with Crippen LogP contribution in [0.1, 0.15) is 31.4 Å². The number of benzene rings is 1. The average Bonchev–Trinajstić information content (AvgIpc) is 3.08. The first-order valence-electron chi connectivity index (χ1n) is 7.45. The Bertz CT molecular complexity index is 789. The quantitative estimate of drug-likeness (QED) is 0.788. The Morgan fingerprint density at radius 1 is 1.36 bits per heavy atom. The Kier molecular flexibility index (Phi) is 3.94. The fourth-order valence-corrected chi connectivity index (χ4v) is 2.78. The van der Waals surface area contributed by atoms with Crippen molar-refractivity contribution in [2.45, 2.75) is 33.0 Å². The number of para-hydroxylation sites is 1. The summed E-state index contributed by atoms with van der Waals surface area (Å²) >= 11 is 0. The molecule has 116 valence electrons. The van der Waals surface area contributed by atoms with Crippen LogP contribution < -0.4 is 5.32 Å². The third-order valence-corrected chi connectivity index (χ3v) is 3.99. The fourth-order valence-electron chi connectivity index (χ4n) is 2.78. The van der Waals surface area contributed by atoms with Gasteiger partial charge in [0.05, 0.1) is 24.1 Å². The smallest absolute Gasteiger partial charge is 0.151 e. The second-order valence-corrected chi connectivity index (χ2v) is 5.41. The van der Waals surface area contributed by atoms with E-state index in [0.717, 1.165) is 23.6 Å². The Labute approximate surface area is 128 Å². The standard InChI is InChI=1S/C16H20FN5/c1-4-22-13-7-5-6-12(17)16(13)20-15(22)9-19-11(2)14-8-18-10-21(14)3/h5-8,10-11,19H,4,9H2,1-3H3. The number of nitrogens with one attached hydrogen (secondary N) is 1. The highest BCUT2D eigenvalue weighted by Gasteiger charge is 2.14. The Morgan fingerprint density at radius 2 is 2.18 bits per heavy atom. The summed E-state index contributed by atoms with van der Waals surface area (Å²) in [4.78, 5) is 8.59. The van der Waals surface area contributed by atoms with Gasteiger partial charge in [-0.2, -0.15) is 0 Å². The van der Waals surface area contributed by atoms with Crippen LogP contribution in [0.25, 0.3) is 11.0 Å². The Morgan fingerprint density at radius 3 is 2.86 bits per heavy atom. The number of halogens is 1. The molecule has 3 rings (SSSR count). The lowest BCUT2D eigenvalue weighted by Gasteiger charge is -2.14. The molecule has 0 aliphatic rings. The van der Waals surface area contributed by atoms with Crippen molar-refractivity contribution in [1.29, 1.82) is 0 Å². The van der Waals surface area contributed by atoms with Gasteiger partial charge in [0.25, 0.3) is 0 Å². The summed E-state index contributed by atoms with van der Waals surface area (Å²) in [6.45, 7) is 5.46. The van der Waals surface area contributed by atoms with E-state index in [2.05, 4.69) is 22.2 Å². The Balaban J connectivity index is 1.85. The summed E-state index contributed by atoms with van der Waals surface area (Å²) in [5.74, 6) is 0.572. The maximum atomic E-state index is 13.9. The molecule has 1 unspecified atom stereocenters. The maximum absolute atomic E-state index is 13.9. The van der Waals surface area contributed by atoms with Crippen LogP contribution in [0.15, 0.2) is 30.7 Å². The van der Waals surface area contributed by atoms with E-state index in [4.69, 9.17) is 0 Å². The van der Waals surface area contributed by atoms with Crippen molar-refractivity contribution in [2.24, 2.45) is 7.05 Å². The van der Waals surface area contributed by atoms with Gasteiger partial charge in [-0.25, -0.2) is 14.4 Å². The summed E-state index contributed by atoms with van der Waals surface area (Å²) in [6.07, 6.45) is 3.63. The van der Waals surface area contributed by atoms with Gasteiger partial charge in [-0.05, 0) is 26.0 Å². The Hall–Kier alpha value is -2.21. The van der Waals surface area contributed by atoms with Crippen LogP contribution >= 0.6 is 0 Å². The molecule has 0 saturated heterocycles. The van der Waals surface area contributed by atoms with E-state index in [1.165, 1.54) is 6.07 Å². The average molecular weight is 301 g/mol. The molecule has 2 aromatic heterocycles. The highest BCUT2D eigenvalue weighted by atomic mass is 19.1. The lowest BCUT2D eigenvalue weighted by Crippen LogP contribution is -2.22. The third kappa shape index (κ3) is 2.50. The van der Waals surface area contributed by atoms with Crippen molar-refractivity contribution in [3.8, 4) is 0 Å². The van der Waals surface area contributed by atoms with Crippen LogP contribution in [0, 0.1) is 5.82 Å². The van der Waals surface area contributed by atoms with Crippen LogP contribution in [0.5, 0.6) is 0 Å². The summed E-state index contributed by atoms with van der Waals surface area (Å²) < 4.78 is 17.9. The molecule has 0 amide bonds. The van der Waals surface area contributed by atoms with E-state index in [1.54, 1.807) is 12.4 Å². The van der Waals surface area contributed by atoms with Gasteiger partial charge in [-0.1, -0.05) is 6.07 Å². The van der Waals surface area contributed by atoms with Gasteiger partial charge in [0.15, 0.2) is 5.82 Å². The molecular weight excluding hydrogens is 281 g/mol. The summed E-state index contributed by atoms with van der Waals surface area (Å²) in [6, 6.07) is 5.22. The molecule has 22 heavy (non-hydrogen) atoms. The van der Waals surface area contributed by atoms with Crippen molar-refractivity contribution < 1.29 is 4.39 Å². The number of rotatable bonds is 5. The summed E-state index contributed by atoms with van der Waals surface area (Å²) in [5.41, 5.74) is 2.38. The molecule has 0 spiro atoms. The third-order valence-electron chi connectivity index (χ3n) is 3.99. The van der Waals surface area contributed by atoms with E-state index < -0.39 is 0 Å². The second kappa shape index (κ2) is 5.88.